The Balaban J connectivity index is 0.826. The van der Waals surface area contributed by atoms with Crippen LogP contribution in [0.4, 0.5) is 11.4 Å². The molecule has 3 unspecified atom stereocenters. The van der Waals surface area contributed by atoms with Crippen LogP contribution in [0.5, 0.6) is 46.0 Å². The molecule has 87 heavy (non-hydrogen) atoms. The van der Waals surface area contributed by atoms with E-state index in [-0.39, 0.29) is 19.3 Å². The molecule has 1 aliphatic carbocycles. The number of ether oxygens (including phenoxy) is 4. The Bertz CT molecular complexity index is 4730. The minimum Gasteiger partial charge on any atom is -0.458 e. The van der Waals surface area contributed by atoms with Gasteiger partial charge in [-0.1, -0.05) is 207 Å². The van der Waals surface area contributed by atoms with Crippen LogP contribution in [-0.2, 0) is 5.41 Å². The molecule has 5 nitrogen and oxygen atoms in total. The van der Waals surface area contributed by atoms with Crippen molar-refractivity contribution in [2.24, 2.45) is 0 Å². The summed E-state index contributed by atoms with van der Waals surface area (Å²) in [5, 5.41) is 0. The molecule has 5 heterocycles. The summed E-state index contributed by atoms with van der Waals surface area (Å²) < 4.78 is 27.5. The average Bonchev–Trinajstić information content (AvgIpc) is 1.58. The molecule has 0 aromatic heterocycles. The second-order valence-electron chi connectivity index (χ2n) is 24.6. The summed E-state index contributed by atoms with van der Waals surface area (Å²) in [6.07, 6.45) is 3.41. The number of hydrogen-bond acceptors (Lipinski definition) is 5. The summed E-state index contributed by atoms with van der Waals surface area (Å²) in [6.45, 7) is 5.07. The van der Waals surface area contributed by atoms with Crippen LogP contribution in [0.3, 0.4) is 0 Å². The van der Waals surface area contributed by atoms with Crippen molar-refractivity contribution in [2.75, 3.05) is 4.90 Å². The van der Waals surface area contributed by atoms with E-state index in [9.17, 15) is 0 Å². The molecule has 0 radical (unpaired) electrons. The third-order valence-corrected chi connectivity index (χ3v) is 20.0. The maximum absolute atomic E-state index is 6.88. The Morgan fingerprint density at radius 2 is 0.770 bits per heavy atom. The zero-order valence-corrected chi connectivity index (χ0v) is 48.1. The van der Waals surface area contributed by atoms with E-state index in [4.69, 9.17) is 18.9 Å². The highest BCUT2D eigenvalue weighted by molar-refractivity contribution is 6.99. The SMILES string of the molecule is CC1(c2cccc(-c3cc4c5c(c3)Oc3ccccc3B5c3ccccc3O4)c2)CC(c2ccccc2)=CC2c3cc(-c4ccccc4)cc(-c4cccc(-c5cc6c7c(c5)Oc5ccccc5B7c5ccccc5O6)c4)c3N(c3ccccc3)C21C. The lowest BCUT2D eigenvalue weighted by atomic mass is 9.35. The maximum Gasteiger partial charge on any atom is 0.260 e. The Hall–Kier alpha value is -10.5. The highest BCUT2D eigenvalue weighted by Crippen LogP contribution is 2.66. The molecule has 18 rings (SSSR count). The van der Waals surface area contributed by atoms with E-state index in [1.54, 1.807) is 0 Å². The van der Waals surface area contributed by atoms with Crippen molar-refractivity contribution in [3.05, 3.63) is 296 Å². The van der Waals surface area contributed by atoms with Gasteiger partial charge in [-0.3, -0.25) is 0 Å². The highest BCUT2D eigenvalue weighted by Gasteiger charge is 2.62. The topological polar surface area (TPSA) is 40.2 Å². The number of fused-ring (bicyclic) bond motifs is 11. The van der Waals surface area contributed by atoms with Crippen molar-refractivity contribution in [1.82, 2.24) is 0 Å². The molecule has 0 saturated heterocycles. The molecule has 12 aromatic carbocycles. The van der Waals surface area contributed by atoms with E-state index in [0.29, 0.717) is 0 Å². The van der Waals surface area contributed by atoms with Gasteiger partial charge in [0.15, 0.2) is 0 Å². The third-order valence-electron chi connectivity index (χ3n) is 20.0. The number of hydrogen-bond donors (Lipinski definition) is 0. The fourth-order valence-corrected chi connectivity index (χ4v) is 15.7. The molecule has 5 aliphatic heterocycles. The summed E-state index contributed by atoms with van der Waals surface area (Å²) in [6, 6.07) is 99.2. The van der Waals surface area contributed by atoms with Crippen LogP contribution in [0, 0.1) is 0 Å². The second kappa shape index (κ2) is 19.0. The van der Waals surface area contributed by atoms with Gasteiger partial charge in [0.2, 0.25) is 0 Å². The van der Waals surface area contributed by atoms with Crippen molar-refractivity contribution >= 4 is 63.2 Å². The van der Waals surface area contributed by atoms with E-state index in [2.05, 4.69) is 298 Å². The number of anilines is 2. The minimum atomic E-state index is -0.567. The summed E-state index contributed by atoms with van der Waals surface area (Å²) >= 11 is 0. The lowest BCUT2D eigenvalue weighted by Crippen LogP contribution is -2.59. The first-order chi connectivity index (χ1) is 42.8. The zero-order valence-electron chi connectivity index (χ0n) is 48.1. The third kappa shape index (κ3) is 7.48. The van der Waals surface area contributed by atoms with E-state index in [1.165, 1.54) is 39.1 Å². The molecule has 7 heteroatoms. The Morgan fingerprint density at radius 3 is 1.29 bits per heavy atom. The zero-order chi connectivity index (χ0) is 57.5. The fourth-order valence-electron chi connectivity index (χ4n) is 15.7. The lowest BCUT2D eigenvalue weighted by Gasteiger charge is -2.56. The highest BCUT2D eigenvalue weighted by atomic mass is 16.5. The first-order valence-corrected chi connectivity index (χ1v) is 30.3. The Labute approximate surface area is 507 Å². The average molecular weight is 1120 g/mol. The molecule has 0 fully saturated rings. The molecule has 0 saturated carbocycles. The lowest BCUT2D eigenvalue weighted by molar-refractivity contribution is 0.239. The van der Waals surface area contributed by atoms with Crippen LogP contribution in [0.15, 0.2) is 279 Å². The van der Waals surface area contributed by atoms with Gasteiger partial charge in [-0.2, -0.15) is 0 Å². The largest absolute Gasteiger partial charge is 0.458 e. The summed E-state index contributed by atoms with van der Waals surface area (Å²) in [5.41, 5.74) is 22.0. The van der Waals surface area contributed by atoms with Crippen molar-refractivity contribution in [3.63, 3.8) is 0 Å². The van der Waals surface area contributed by atoms with Crippen molar-refractivity contribution in [1.29, 1.82) is 0 Å². The molecule has 0 N–H and O–H groups in total. The first kappa shape index (κ1) is 49.9. The molecule has 0 spiro atoms. The normalized spacial score (nSPS) is 18.3. The van der Waals surface area contributed by atoms with Gasteiger partial charge in [0, 0.05) is 33.5 Å². The number of allylic oxidation sites excluding steroid dienone is 1. The van der Waals surface area contributed by atoms with E-state index in [0.717, 1.165) is 124 Å². The molecular formula is C80H55B2NO4. The summed E-state index contributed by atoms with van der Waals surface area (Å²) in [5.74, 6) is 6.75. The van der Waals surface area contributed by atoms with Gasteiger partial charge in [0.1, 0.15) is 46.0 Å². The van der Waals surface area contributed by atoms with Crippen molar-refractivity contribution < 1.29 is 18.9 Å². The molecule has 12 aromatic rings. The van der Waals surface area contributed by atoms with Crippen LogP contribution in [0.2, 0.25) is 0 Å². The van der Waals surface area contributed by atoms with E-state index >= 15 is 0 Å². The number of rotatable bonds is 7. The van der Waals surface area contributed by atoms with Crippen LogP contribution in [0.1, 0.15) is 42.9 Å². The summed E-state index contributed by atoms with van der Waals surface area (Å²) in [4.78, 5) is 2.73. The molecule has 410 valence electrons. The predicted octanol–water partition coefficient (Wildman–Crippen LogP) is 16.2. The fraction of sp³-hybridized carbons (Fsp3) is 0.0750. The van der Waals surface area contributed by atoms with Crippen LogP contribution in [-0.4, -0.2) is 19.0 Å². The first-order valence-electron chi connectivity index (χ1n) is 30.3. The molecule has 3 atom stereocenters. The Morgan fingerprint density at radius 1 is 0.356 bits per heavy atom. The number of nitrogens with zero attached hydrogens (tertiary/aromatic N) is 1. The molecular weight excluding hydrogens is 1060 g/mol. The van der Waals surface area contributed by atoms with Gasteiger partial charge in [0.25, 0.3) is 13.4 Å². The monoisotopic (exact) mass is 1120 g/mol. The van der Waals surface area contributed by atoms with Gasteiger partial charge < -0.3 is 23.8 Å². The van der Waals surface area contributed by atoms with Crippen LogP contribution < -0.4 is 56.6 Å². The van der Waals surface area contributed by atoms with Gasteiger partial charge in [-0.05, 0) is 175 Å². The molecule has 6 aliphatic rings. The number of para-hydroxylation sites is 5. The van der Waals surface area contributed by atoms with Gasteiger partial charge in [-0.25, -0.2) is 0 Å². The maximum atomic E-state index is 6.88. The Kier molecular flexibility index (Phi) is 10.9. The second-order valence-corrected chi connectivity index (χ2v) is 24.6. The van der Waals surface area contributed by atoms with Crippen molar-refractivity contribution in [2.45, 2.75) is 37.1 Å². The van der Waals surface area contributed by atoms with Gasteiger partial charge in [0.05, 0.1) is 11.2 Å². The van der Waals surface area contributed by atoms with E-state index < -0.39 is 11.0 Å². The van der Waals surface area contributed by atoms with E-state index in [1.807, 2.05) is 0 Å². The van der Waals surface area contributed by atoms with Gasteiger partial charge in [-0.15, -0.1) is 0 Å². The minimum absolute atomic E-state index is 0.000235. The predicted molar refractivity (Wildman–Crippen MR) is 356 cm³/mol. The van der Waals surface area contributed by atoms with Gasteiger partial charge >= 0.3 is 0 Å². The number of benzene rings is 12. The smallest absolute Gasteiger partial charge is 0.260 e. The van der Waals surface area contributed by atoms with Crippen molar-refractivity contribution in [3.8, 4) is 90.5 Å². The van der Waals surface area contributed by atoms with Crippen LogP contribution in [0.25, 0.3) is 50.1 Å². The van der Waals surface area contributed by atoms with Crippen LogP contribution >= 0.6 is 0 Å². The quantitative estimate of drug-likeness (QED) is 0.149. The standard InChI is InChI=1S/C80H55B2NO4/c1-79(59-29-21-27-53(41-59)57-47-74-77-75(48-57)87-71-39-19-15-35-67(71)82(77)66-34-14-18-38-70(66)86-74)49-58(51-24-8-4-9-25-51)44-63-62-43-55(50-22-6-3-7-23-50)42-61(78(62)83(80(63,79)2)60-30-10-5-11-31-60)54-28-20-26-52(40-54)56-45-72-76-73(46-56)85-69-37-17-13-33-65(69)81(76)64-32-12-16-36-68(64)84-72/h3-48,63H,49H2,1-2H3. The summed E-state index contributed by atoms with van der Waals surface area (Å²) in [7, 11) is 0. The molecule has 0 amide bonds. The molecule has 0 bridgehead atoms.